The smallest absolute Gasteiger partial charge is 0.241 e. The highest BCUT2D eigenvalue weighted by atomic mass is 16.2. The highest BCUT2D eigenvalue weighted by Gasteiger charge is 2.29. The van der Waals surface area contributed by atoms with Gasteiger partial charge in [-0.1, -0.05) is 19.9 Å². The van der Waals surface area contributed by atoms with Crippen LogP contribution < -0.4 is 10.6 Å². The molecule has 1 aliphatic rings. The second-order valence-electron chi connectivity index (χ2n) is 6.48. The molecular weight excluding hydrogens is 302 g/mol. The summed E-state index contributed by atoms with van der Waals surface area (Å²) in [6.45, 7) is 8.00. The largest absolute Gasteiger partial charge is 0.376 e. The number of hydrogen-bond donors (Lipinski definition) is 2. The lowest BCUT2D eigenvalue weighted by Crippen LogP contribution is -2.36. The van der Waals surface area contributed by atoms with E-state index in [-0.39, 0.29) is 24.3 Å². The van der Waals surface area contributed by atoms with Gasteiger partial charge in [-0.15, -0.1) is 0 Å². The first-order chi connectivity index (χ1) is 11.6. The van der Waals surface area contributed by atoms with Crippen molar-refractivity contribution in [3.63, 3.8) is 0 Å². The van der Waals surface area contributed by atoms with Gasteiger partial charge in [0.05, 0.1) is 6.54 Å². The fourth-order valence-corrected chi connectivity index (χ4v) is 2.73. The standard InChI is InChI=1S/C19H29N3O2/c1-4-11-22(12-5-2)18(23)13-20-16-7-6-8-17(14(16)3)21-19(24)15-9-10-15/h6-8,15,20H,4-5,9-13H2,1-3H3,(H,21,24). The van der Waals surface area contributed by atoms with Crippen LogP contribution in [0.4, 0.5) is 11.4 Å². The maximum absolute atomic E-state index is 12.4. The van der Waals surface area contributed by atoms with E-state index in [0.29, 0.717) is 0 Å². The molecule has 0 bridgehead atoms. The van der Waals surface area contributed by atoms with Crippen LogP contribution in [0.25, 0.3) is 0 Å². The van der Waals surface area contributed by atoms with Crippen LogP contribution in [0.5, 0.6) is 0 Å². The monoisotopic (exact) mass is 331 g/mol. The second kappa shape index (κ2) is 8.71. The summed E-state index contributed by atoms with van der Waals surface area (Å²) in [5.41, 5.74) is 2.69. The average Bonchev–Trinajstić information content (AvgIpc) is 3.40. The van der Waals surface area contributed by atoms with Crippen LogP contribution in [0.2, 0.25) is 0 Å². The zero-order valence-corrected chi connectivity index (χ0v) is 15.0. The van der Waals surface area contributed by atoms with Gasteiger partial charge in [0.2, 0.25) is 11.8 Å². The molecule has 0 atom stereocenters. The third-order valence-electron chi connectivity index (χ3n) is 4.31. The van der Waals surface area contributed by atoms with Crippen molar-refractivity contribution in [1.82, 2.24) is 4.90 Å². The summed E-state index contributed by atoms with van der Waals surface area (Å²) in [7, 11) is 0. The van der Waals surface area contributed by atoms with Crippen LogP contribution in [-0.2, 0) is 9.59 Å². The van der Waals surface area contributed by atoms with E-state index in [9.17, 15) is 9.59 Å². The third-order valence-corrected chi connectivity index (χ3v) is 4.31. The lowest BCUT2D eigenvalue weighted by Gasteiger charge is -2.22. The van der Waals surface area contributed by atoms with E-state index in [2.05, 4.69) is 24.5 Å². The fourth-order valence-electron chi connectivity index (χ4n) is 2.73. The van der Waals surface area contributed by atoms with E-state index >= 15 is 0 Å². The number of nitrogens with one attached hydrogen (secondary N) is 2. The molecule has 0 heterocycles. The molecule has 2 N–H and O–H groups in total. The number of carbonyl (C=O) groups is 2. The molecule has 24 heavy (non-hydrogen) atoms. The first-order valence-corrected chi connectivity index (χ1v) is 8.98. The van der Waals surface area contributed by atoms with Gasteiger partial charge in [0.15, 0.2) is 0 Å². The lowest BCUT2D eigenvalue weighted by atomic mass is 10.1. The molecule has 0 spiro atoms. The van der Waals surface area contributed by atoms with Crippen LogP contribution in [0.15, 0.2) is 18.2 Å². The number of nitrogens with zero attached hydrogens (tertiary/aromatic N) is 1. The van der Waals surface area contributed by atoms with Crippen molar-refractivity contribution in [2.24, 2.45) is 5.92 Å². The fraction of sp³-hybridized carbons (Fsp3) is 0.579. The predicted octanol–water partition coefficient (Wildman–Crippen LogP) is 3.40. The molecule has 1 saturated carbocycles. The maximum atomic E-state index is 12.4. The van der Waals surface area contributed by atoms with E-state index in [1.807, 2.05) is 30.0 Å². The molecule has 5 nitrogen and oxygen atoms in total. The van der Waals surface area contributed by atoms with Crippen LogP contribution >= 0.6 is 0 Å². The van der Waals surface area contributed by atoms with Crippen LogP contribution in [0, 0.1) is 12.8 Å². The Bertz CT molecular complexity index is 576. The Balaban J connectivity index is 1.96. The van der Waals surface area contributed by atoms with Gasteiger partial charge in [-0.2, -0.15) is 0 Å². The molecule has 0 aliphatic heterocycles. The Morgan fingerprint density at radius 3 is 2.33 bits per heavy atom. The van der Waals surface area contributed by atoms with Gasteiger partial charge in [0.1, 0.15) is 0 Å². The summed E-state index contributed by atoms with van der Waals surface area (Å²) in [4.78, 5) is 26.2. The lowest BCUT2D eigenvalue weighted by molar-refractivity contribution is -0.129. The normalized spacial score (nSPS) is 13.5. The van der Waals surface area contributed by atoms with E-state index in [4.69, 9.17) is 0 Å². The summed E-state index contributed by atoms with van der Waals surface area (Å²) < 4.78 is 0. The Morgan fingerprint density at radius 2 is 1.75 bits per heavy atom. The van der Waals surface area contributed by atoms with Crippen molar-refractivity contribution in [3.05, 3.63) is 23.8 Å². The quantitative estimate of drug-likeness (QED) is 0.729. The minimum absolute atomic E-state index is 0.100. The Morgan fingerprint density at radius 1 is 1.12 bits per heavy atom. The first kappa shape index (κ1) is 18.3. The minimum Gasteiger partial charge on any atom is -0.376 e. The van der Waals surface area contributed by atoms with Crippen LogP contribution in [0.3, 0.4) is 0 Å². The van der Waals surface area contributed by atoms with Crippen molar-refractivity contribution in [3.8, 4) is 0 Å². The Kier molecular flexibility index (Phi) is 6.64. The Hall–Kier alpha value is -2.04. The third kappa shape index (κ3) is 4.98. The molecule has 1 aromatic rings. The maximum Gasteiger partial charge on any atom is 0.241 e. The minimum atomic E-state index is 0.100. The molecule has 1 fully saturated rings. The molecule has 5 heteroatoms. The molecule has 0 unspecified atom stereocenters. The van der Waals surface area contributed by atoms with E-state index < -0.39 is 0 Å². The number of amides is 2. The Labute approximate surface area is 144 Å². The summed E-state index contributed by atoms with van der Waals surface area (Å²) in [6, 6.07) is 5.75. The van der Waals surface area contributed by atoms with Gasteiger partial charge in [0.25, 0.3) is 0 Å². The molecule has 132 valence electrons. The predicted molar refractivity (Wildman–Crippen MR) is 98.2 cm³/mol. The zero-order valence-electron chi connectivity index (χ0n) is 15.0. The van der Waals surface area contributed by atoms with Gasteiger partial charge in [0, 0.05) is 30.4 Å². The zero-order chi connectivity index (χ0) is 17.5. The highest BCUT2D eigenvalue weighted by Crippen LogP contribution is 2.31. The highest BCUT2D eigenvalue weighted by molar-refractivity contribution is 5.95. The summed E-state index contributed by atoms with van der Waals surface area (Å²) in [5.74, 6) is 0.396. The number of benzene rings is 1. The second-order valence-corrected chi connectivity index (χ2v) is 6.48. The molecular formula is C19H29N3O2. The van der Waals surface area contributed by atoms with Crippen molar-refractivity contribution in [2.45, 2.75) is 46.5 Å². The molecule has 0 saturated heterocycles. The van der Waals surface area contributed by atoms with Crippen molar-refractivity contribution < 1.29 is 9.59 Å². The number of rotatable bonds is 9. The van der Waals surface area contributed by atoms with Crippen LogP contribution in [0.1, 0.15) is 45.1 Å². The van der Waals surface area contributed by atoms with E-state index in [1.165, 1.54) is 0 Å². The first-order valence-electron chi connectivity index (χ1n) is 8.98. The van der Waals surface area contributed by atoms with Crippen molar-refractivity contribution >= 4 is 23.2 Å². The van der Waals surface area contributed by atoms with Gasteiger partial charge < -0.3 is 15.5 Å². The van der Waals surface area contributed by atoms with Crippen molar-refractivity contribution in [1.29, 1.82) is 0 Å². The van der Waals surface area contributed by atoms with Gasteiger partial charge >= 0.3 is 0 Å². The molecule has 0 radical (unpaired) electrons. The van der Waals surface area contributed by atoms with E-state index in [1.54, 1.807) is 0 Å². The summed E-state index contributed by atoms with van der Waals surface area (Å²) in [6.07, 6.45) is 3.91. The average molecular weight is 331 g/mol. The van der Waals surface area contributed by atoms with Crippen molar-refractivity contribution in [2.75, 3.05) is 30.3 Å². The van der Waals surface area contributed by atoms with Gasteiger partial charge in [-0.3, -0.25) is 9.59 Å². The summed E-state index contributed by atoms with van der Waals surface area (Å²) >= 11 is 0. The molecule has 2 amide bonds. The topological polar surface area (TPSA) is 61.4 Å². The molecule has 1 aromatic carbocycles. The van der Waals surface area contributed by atoms with Crippen LogP contribution in [-0.4, -0.2) is 36.3 Å². The SMILES string of the molecule is CCCN(CCC)C(=O)CNc1cccc(NC(=O)C2CC2)c1C. The van der Waals surface area contributed by atoms with E-state index in [0.717, 1.165) is 55.7 Å². The molecule has 1 aliphatic carbocycles. The number of carbonyl (C=O) groups excluding carboxylic acids is 2. The number of hydrogen-bond acceptors (Lipinski definition) is 3. The molecule has 0 aromatic heterocycles. The summed E-state index contributed by atoms with van der Waals surface area (Å²) in [5, 5.41) is 6.22. The number of anilines is 2. The van der Waals surface area contributed by atoms with Gasteiger partial charge in [-0.25, -0.2) is 0 Å². The molecule has 2 rings (SSSR count). The van der Waals surface area contributed by atoms with Gasteiger partial charge in [-0.05, 0) is 50.3 Å².